The number of quaternary nitrogens is 1. The number of benzene rings is 1. The minimum atomic E-state index is -0.401. The molecule has 0 spiro atoms. The Labute approximate surface area is 187 Å². The molecule has 1 aromatic heterocycles. The number of anilines is 2. The van der Waals surface area contributed by atoms with Crippen molar-refractivity contribution in [3.05, 3.63) is 46.7 Å². The number of hydrogen-bond donors (Lipinski definition) is 4. The van der Waals surface area contributed by atoms with Crippen LogP contribution in [0.2, 0.25) is 5.15 Å². The van der Waals surface area contributed by atoms with E-state index in [1.165, 1.54) is 5.56 Å². The molecule has 0 aliphatic rings. The highest BCUT2D eigenvalue weighted by Crippen LogP contribution is 2.17. The van der Waals surface area contributed by atoms with E-state index in [1.807, 2.05) is 6.07 Å². The van der Waals surface area contributed by atoms with Gasteiger partial charge >= 0.3 is 0 Å². The Balaban J connectivity index is 1.60. The number of nitrogens with one attached hydrogen (secondary N) is 2. The van der Waals surface area contributed by atoms with E-state index in [4.69, 9.17) is 23.1 Å². The first-order chi connectivity index (χ1) is 14.3. The molecule has 1 heterocycles. The van der Waals surface area contributed by atoms with Gasteiger partial charge in [-0.2, -0.15) is 0 Å². The van der Waals surface area contributed by atoms with Crippen LogP contribution in [-0.2, 0) is 5.75 Å². The summed E-state index contributed by atoms with van der Waals surface area (Å²) in [5.41, 5.74) is 12.6. The number of rotatable bonds is 12. The molecule has 0 saturated heterocycles. The molecule has 10 heteroatoms. The lowest BCUT2D eigenvalue weighted by atomic mass is 10.2. The van der Waals surface area contributed by atoms with Crippen LogP contribution < -0.4 is 21.5 Å². The van der Waals surface area contributed by atoms with Gasteiger partial charge in [-0.15, -0.1) is 0 Å². The molecule has 0 bridgehead atoms. The summed E-state index contributed by atoms with van der Waals surface area (Å²) in [6.45, 7) is 3.29. The minimum absolute atomic E-state index is 0.00131. The van der Waals surface area contributed by atoms with Crippen molar-refractivity contribution >= 4 is 41.1 Å². The summed E-state index contributed by atoms with van der Waals surface area (Å²) in [5.74, 6) is 0.551. The third-order valence-corrected chi connectivity index (χ3v) is 5.76. The average Bonchev–Trinajstić information content (AvgIpc) is 2.70. The molecule has 0 saturated carbocycles. The molecule has 0 radical (unpaired) electrons. The van der Waals surface area contributed by atoms with E-state index in [2.05, 4.69) is 58.4 Å². The van der Waals surface area contributed by atoms with Crippen molar-refractivity contribution in [1.29, 1.82) is 0 Å². The number of nitrogen functional groups attached to an aromatic ring is 2. The second-order valence-electron chi connectivity index (χ2n) is 7.65. The number of halogens is 1. The lowest BCUT2D eigenvalue weighted by Gasteiger charge is -2.30. The van der Waals surface area contributed by atoms with E-state index in [0.717, 1.165) is 42.7 Å². The maximum Gasteiger partial charge on any atom is 0.273 e. The van der Waals surface area contributed by atoms with Gasteiger partial charge in [-0.25, -0.2) is 9.97 Å². The minimum Gasteiger partial charge on any atom is -0.382 e. The molecule has 2 rings (SSSR count). The van der Waals surface area contributed by atoms with E-state index < -0.39 is 5.91 Å². The van der Waals surface area contributed by atoms with Crippen molar-refractivity contribution in [1.82, 2.24) is 20.0 Å². The molecule has 6 N–H and O–H groups in total. The highest BCUT2D eigenvalue weighted by molar-refractivity contribution is 7.96. The number of carbonyl (C=O) groups is 1. The van der Waals surface area contributed by atoms with Crippen molar-refractivity contribution in [3.8, 4) is 0 Å². The fourth-order valence-electron chi connectivity index (χ4n) is 2.79. The maximum atomic E-state index is 12.3. The van der Waals surface area contributed by atoms with Crippen LogP contribution in [0.4, 0.5) is 11.6 Å². The molecule has 8 nitrogen and oxygen atoms in total. The Bertz CT molecular complexity index is 820. The van der Waals surface area contributed by atoms with Crippen molar-refractivity contribution in [2.24, 2.45) is 0 Å². The van der Waals surface area contributed by atoms with Crippen molar-refractivity contribution in [2.45, 2.75) is 18.6 Å². The van der Waals surface area contributed by atoms with Crippen LogP contribution in [0.5, 0.6) is 0 Å². The predicted molar refractivity (Wildman–Crippen MR) is 125 cm³/mol. The van der Waals surface area contributed by atoms with Crippen LogP contribution in [0.25, 0.3) is 0 Å². The number of hydrogen-bond acceptors (Lipinski definition) is 7. The summed E-state index contributed by atoms with van der Waals surface area (Å²) in [7, 11) is 4.30. The highest BCUT2D eigenvalue weighted by atomic mass is 35.5. The molecule has 0 unspecified atom stereocenters. The molecule has 2 aromatic rings. The zero-order chi connectivity index (χ0) is 22.0. The fraction of sp³-hybridized carbons (Fsp3) is 0.450. The average molecular weight is 453 g/mol. The standard InChI is InChI=1S/C20H30ClN7OS/c1-28(2,12-7-6-10-25-30-14-15-8-4-3-5-9-15)13-11-24-20(29)16-18(22)27-19(23)17(21)26-16/h3-5,8-9,25H,6-7,10-14H2,1-2H3,(H4-,22,23,24,27,29)/p+1. The van der Waals surface area contributed by atoms with Gasteiger partial charge < -0.3 is 21.3 Å². The Morgan fingerprint density at radius 1 is 1.07 bits per heavy atom. The zero-order valence-corrected chi connectivity index (χ0v) is 19.1. The van der Waals surface area contributed by atoms with E-state index in [0.29, 0.717) is 6.54 Å². The first-order valence-corrected chi connectivity index (χ1v) is 11.2. The Kier molecular flexibility index (Phi) is 9.64. The second-order valence-corrected chi connectivity index (χ2v) is 8.87. The fourth-order valence-corrected chi connectivity index (χ4v) is 3.67. The topological polar surface area (TPSA) is 119 Å². The van der Waals surface area contributed by atoms with Crippen LogP contribution in [0, 0.1) is 0 Å². The quantitative estimate of drug-likeness (QED) is 0.221. The summed E-state index contributed by atoms with van der Waals surface area (Å²) in [5, 5.41) is 2.80. The van der Waals surface area contributed by atoms with Crippen LogP contribution in [0.1, 0.15) is 28.9 Å². The predicted octanol–water partition coefficient (Wildman–Crippen LogP) is 2.32. The molecule has 164 valence electrons. The van der Waals surface area contributed by atoms with Gasteiger partial charge in [0, 0.05) is 12.3 Å². The number of unbranched alkanes of at least 4 members (excludes halogenated alkanes) is 1. The van der Waals surface area contributed by atoms with Crippen LogP contribution in [0.15, 0.2) is 30.3 Å². The summed E-state index contributed by atoms with van der Waals surface area (Å²) < 4.78 is 4.23. The molecule has 0 aliphatic carbocycles. The molecule has 1 aromatic carbocycles. The van der Waals surface area contributed by atoms with Gasteiger partial charge in [-0.3, -0.25) is 9.52 Å². The van der Waals surface area contributed by atoms with Gasteiger partial charge in [0.15, 0.2) is 22.5 Å². The largest absolute Gasteiger partial charge is 0.382 e. The Hall–Kier alpha value is -2.07. The third-order valence-electron chi connectivity index (χ3n) is 4.60. The van der Waals surface area contributed by atoms with E-state index >= 15 is 0 Å². The Morgan fingerprint density at radius 2 is 1.80 bits per heavy atom. The van der Waals surface area contributed by atoms with Crippen LogP contribution in [0.3, 0.4) is 0 Å². The lowest BCUT2D eigenvalue weighted by molar-refractivity contribution is -0.889. The monoisotopic (exact) mass is 452 g/mol. The first kappa shape index (κ1) is 24.2. The van der Waals surface area contributed by atoms with Crippen LogP contribution >= 0.6 is 23.5 Å². The summed E-state index contributed by atoms with van der Waals surface area (Å²) in [4.78, 5) is 20.0. The van der Waals surface area contributed by atoms with Gasteiger partial charge in [-0.05, 0) is 18.4 Å². The van der Waals surface area contributed by atoms with E-state index in [-0.39, 0.29) is 22.5 Å². The first-order valence-electron chi connectivity index (χ1n) is 9.86. The number of aromatic nitrogens is 2. The van der Waals surface area contributed by atoms with Crippen molar-refractivity contribution < 1.29 is 9.28 Å². The summed E-state index contributed by atoms with van der Waals surface area (Å²) in [6, 6.07) is 10.4. The van der Waals surface area contributed by atoms with Crippen molar-refractivity contribution in [3.63, 3.8) is 0 Å². The number of likely N-dealkylation sites (N-methyl/N-ethyl adjacent to an activating group) is 1. The van der Waals surface area contributed by atoms with E-state index in [1.54, 1.807) is 11.9 Å². The highest BCUT2D eigenvalue weighted by Gasteiger charge is 2.18. The van der Waals surface area contributed by atoms with E-state index in [9.17, 15) is 4.79 Å². The molecule has 30 heavy (non-hydrogen) atoms. The zero-order valence-electron chi connectivity index (χ0n) is 17.5. The molecule has 1 amide bonds. The van der Waals surface area contributed by atoms with Crippen molar-refractivity contribution in [2.75, 3.05) is 51.7 Å². The molecule has 0 aliphatic heterocycles. The maximum absolute atomic E-state index is 12.3. The molecular weight excluding hydrogens is 422 g/mol. The van der Waals surface area contributed by atoms with Crippen LogP contribution in [-0.4, -0.2) is 60.6 Å². The number of amides is 1. The van der Waals surface area contributed by atoms with Gasteiger partial charge in [-0.1, -0.05) is 53.9 Å². The normalized spacial score (nSPS) is 11.4. The number of carbonyl (C=O) groups excluding carboxylic acids is 1. The smallest absolute Gasteiger partial charge is 0.273 e. The molecular formula is C20H31ClN7OS+. The molecule has 0 atom stereocenters. The second kappa shape index (κ2) is 11.9. The summed E-state index contributed by atoms with van der Waals surface area (Å²) >= 11 is 7.57. The van der Waals surface area contributed by atoms with Gasteiger partial charge in [0.05, 0.1) is 33.7 Å². The SMILES string of the molecule is C[N+](C)(CCCCNSCc1ccccc1)CCNC(=O)c1nc(Cl)c(N)nc1N. The van der Waals surface area contributed by atoms with Gasteiger partial charge in [0.1, 0.15) is 0 Å². The molecule has 0 fully saturated rings. The number of nitrogens with two attached hydrogens (primary N) is 2. The third kappa shape index (κ3) is 8.35. The summed E-state index contributed by atoms with van der Waals surface area (Å²) in [6.07, 6.45) is 2.21. The van der Waals surface area contributed by atoms with Gasteiger partial charge in [0.25, 0.3) is 5.91 Å². The van der Waals surface area contributed by atoms with Gasteiger partial charge in [0.2, 0.25) is 0 Å². The Morgan fingerprint density at radius 3 is 2.53 bits per heavy atom. The number of nitrogens with zero attached hydrogens (tertiary/aromatic N) is 3. The lowest BCUT2D eigenvalue weighted by Crippen LogP contribution is -2.46.